The number of benzene rings is 1. The molecule has 0 radical (unpaired) electrons. The third-order valence-electron chi connectivity index (χ3n) is 2.91. The van der Waals surface area contributed by atoms with Crippen LogP contribution in [0.2, 0.25) is 0 Å². The molecule has 1 aliphatic rings. The molecule has 0 atom stereocenters. The minimum atomic E-state index is -0.0923. The summed E-state index contributed by atoms with van der Waals surface area (Å²) in [6.45, 7) is 3.83. The summed E-state index contributed by atoms with van der Waals surface area (Å²) in [5.41, 5.74) is 1.17. The normalized spacial score (nSPS) is 17.1. The van der Waals surface area contributed by atoms with Gasteiger partial charge in [-0.3, -0.25) is 4.79 Å². The van der Waals surface area contributed by atoms with Crippen molar-refractivity contribution in [1.29, 1.82) is 0 Å². The molecule has 2 rings (SSSR count). The van der Waals surface area contributed by atoms with E-state index in [1.54, 1.807) is 0 Å². The van der Waals surface area contributed by atoms with Crippen LogP contribution >= 0.6 is 0 Å². The van der Waals surface area contributed by atoms with E-state index in [0.29, 0.717) is 5.75 Å². The number of carbonyl (C=O) groups excluding carboxylic acids is 1. The van der Waals surface area contributed by atoms with Gasteiger partial charge in [-0.15, -0.1) is 0 Å². The van der Waals surface area contributed by atoms with Gasteiger partial charge in [0.2, 0.25) is 0 Å². The maximum Gasteiger partial charge on any atom is 0.314 e. The van der Waals surface area contributed by atoms with Crippen LogP contribution in [-0.4, -0.2) is 19.1 Å². The van der Waals surface area contributed by atoms with Crippen molar-refractivity contribution in [2.75, 3.05) is 13.1 Å². The van der Waals surface area contributed by atoms with E-state index in [1.165, 1.54) is 5.56 Å². The molecule has 0 saturated carbocycles. The van der Waals surface area contributed by atoms with Crippen molar-refractivity contribution in [3.8, 4) is 5.75 Å². The van der Waals surface area contributed by atoms with Crippen LogP contribution in [0.25, 0.3) is 0 Å². The molecule has 1 fully saturated rings. The first-order valence-corrected chi connectivity index (χ1v) is 5.75. The summed E-state index contributed by atoms with van der Waals surface area (Å²) in [7, 11) is 0. The Kier molecular flexibility index (Phi) is 3.57. The number of carbonyl (C=O) groups is 1. The van der Waals surface area contributed by atoms with Gasteiger partial charge < -0.3 is 10.1 Å². The number of aryl methyl sites for hydroxylation is 1. The zero-order chi connectivity index (χ0) is 11.4. The Hall–Kier alpha value is -1.35. The van der Waals surface area contributed by atoms with Crippen molar-refractivity contribution in [2.45, 2.75) is 19.8 Å². The fourth-order valence-corrected chi connectivity index (χ4v) is 1.86. The van der Waals surface area contributed by atoms with Crippen molar-refractivity contribution in [3.63, 3.8) is 0 Å². The lowest BCUT2D eigenvalue weighted by Gasteiger charge is -2.20. The predicted octanol–water partition coefficient (Wildman–Crippen LogP) is 1.90. The Morgan fingerprint density at radius 2 is 1.88 bits per heavy atom. The number of hydrogen-bond acceptors (Lipinski definition) is 3. The highest BCUT2D eigenvalue weighted by molar-refractivity contribution is 5.75. The maximum atomic E-state index is 11.8. The molecule has 0 amide bonds. The first-order valence-electron chi connectivity index (χ1n) is 5.75. The first kappa shape index (κ1) is 11.1. The second-order valence-electron chi connectivity index (χ2n) is 4.26. The minimum absolute atomic E-state index is 0.0579. The third kappa shape index (κ3) is 2.83. The van der Waals surface area contributed by atoms with Crippen LogP contribution in [0.4, 0.5) is 0 Å². The Morgan fingerprint density at radius 1 is 1.25 bits per heavy atom. The monoisotopic (exact) mass is 219 g/mol. The zero-order valence-electron chi connectivity index (χ0n) is 9.53. The fourth-order valence-electron chi connectivity index (χ4n) is 1.86. The van der Waals surface area contributed by atoms with Gasteiger partial charge in [0.25, 0.3) is 0 Å². The lowest BCUT2D eigenvalue weighted by atomic mass is 9.98. The second kappa shape index (κ2) is 5.12. The van der Waals surface area contributed by atoms with E-state index in [-0.39, 0.29) is 11.9 Å². The lowest BCUT2D eigenvalue weighted by molar-refractivity contribution is -0.139. The summed E-state index contributed by atoms with van der Waals surface area (Å²) in [6.07, 6.45) is 1.76. The molecule has 0 spiro atoms. The van der Waals surface area contributed by atoms with Gasteiger partial charge >= 0.3 is 5.97 Å². The molecule has 86 valence electrons. The van der Waals surface area contributed by atoms with Gasteiger partial charge in [-0.25, -0.2) is 0 Å². The summed E-state index contributed by atoms with van der Waals surface area (Å²) >= 11 is 0. The number of rotatable bonds is 2. The summed E-state index contributed by atoms with van der Waals surface area (Å²) in [5.74, 6) is 0.613. The highest BCUT2D eigenvalue weighted by atomic mass is 16.5. The molecule has 1 aromatic rings. The average molecular weight is 219 g/mol. The lowest BCUT2D eigenvalue weighted by Crippen LogP contribution is -2.33. The van der Waals surface area contributed by atoms with Crippen molar-refractivity contribution in [1.82, 2.24) is 5.32 Å². The molecular formula is C13H17NO2. The number of esters is 1. The summed E-state index contributed by atoms with van der Waals surface area (Å²) in [4.78, 5) is 11.8. The smallest absolute Gasteiger partial charge is 0.314 e. The summed E-state index contributed by atoms with van der Waals surface area (Å²) in [5, 5.41) is 3.23. The molecule has 0 unspecified atom stereocenters. The van der Waals surface area contributed by atoms with Gasteiger partial charge in [0.1, 0.15) is 5.75 Å². The largest absolute Gasteiger partial charge is 0.426 e. The molecule has 0 aromatic heterocycles. The molecule has 1 aromatic carbocycles. The quantitative estimate of drug-likeness (QED) is 0.610. The molecular weight excluding hydrogens is 202 g/mol. The van der Waals surface area contributed by atoms with Gasteiger partial charge in [0.15, 0.2) is 0 Å². The zero-order valence-corrected chi connectivity index (χ0v) is 9.53. The molecule has 3 heteroatoms. The van der Waals surface area contributed by atoms with Crippen LogP contribution in [0.1, 0.15) is 18.4 Å². The number of hydrogen-bond donors (Lipinski definition) is 1. The van der Waals surface area contributed by atoms with E-state index >= 15 is 0 Å². The maximum absolute atomic E-state index is 11.8. The molecule has 1 aliphatic heterocycles. The highest BCUT2D eigenvalue weighted by Gasteiger charge is 2.22. The summed E-state index contributed by atoms with van der Waals surface area (Å²) < 4.78 is 5.34. The SMILES string of the molecule is Cc1ccc(OC(=O)C2CCNCC2)cc1. The molecule has 1 N–H and O–H groups in total. The van der Waals surface area contributed by atoms with Crippen molar-refractivity contribution in [2.24, 2.45) is 5.92 Å². The molecule has 0 bridgehead atoms. The standard InChI is InChI=1S/C13H17NO2/c1-10-2-4-12(5-3-10)16-13(15)11-6-8-14-9-7-11/h2-5,11,14H,6-9H2,1H3. The van der Waals surface area contributed by atoms with Crippen LogP contribution in [0, 0.1) is 12.8 Å². The van der Waals surface area contributed by atoms with Crippen molar-refractivity contribution in [3.05, 3.63) is 29.8 Å². The molecule has 0 aliphatic carbocycles. The third-order valence-corrected chi connectivity index (χ3v) is 2.91. The highest BCUT2D eigenvalue weighted by Crippen LogP contribution is 2.17. The van der Waals surface area contributed by atoms with E-state index in [1.807, 2.05) is 31.2 Å². The second-order valence-corrected chi connectivity index (χ2v) is 4.26. The Bertz CT molecular complexity index is 353. The van der Waals surface area contributed by atoms with Crippen LogP contribution in [0.5, 0.6) is 5.75 Å². The minimum Gasteiger partial charge on any atom is -0.426 e. The molecule has 1 saturated heterocycles. The van der Waals surface area contributed by atoms with E-state index in [4.69, 9.17) is 4.74 Å². The van der Waals surface area contributed by atoms with Crippen LogP contribution in [0.15, 0.2) is 24.3 Å². The van der Waals surface area contributed by atoms with Gasteiger partial charge in [-0.1, -0.05) is 17.7 Å². The van der Waals surface area contributed by atoms with Gasteiger partial charge in [0, 0.05) is 0 Å². The van der Waals surface area contributed by atoms with E-state index < -0.39 is 0 Å². The van der Waals surface area contributed by atoms with Crippen LogP contribution in [-0.2, 0) is 4.79 Å². The molecule has 16 heavy (non-hydrogen) atoms. The average Bonchev–Trinajstić information content (AvgIpc) is 2.33. The van der Waals surface area contributed by atoms with Crippen LogP contribution in [0.3, 0.4) is 0 Å². The molecule has 1 heterocycles. The van der Waals surface area contributed by atoms with Crippen molar-refractivity contribution < 1.29 is 9.53 Å². The molecule has 3 nitrogen and oxygen atoms in total. The first-order chi connectivity index (χ1) is 7.75. The topological polar surface area (TPSA) is 38.3 Å². The fraction of sp³-hybridized carbons (Fsp3) is 0.462. The van der Waals surface area contributed by atoms with Crippen molar-refractivity contribution >= 4 is 5.97 Å². The number of nitrogens with one attached hydrogen (secondary N) is 1. The Morgan fingerprint density at radius 3 is 2.50 bits per heavy atom. The van der Waals surface area contributed by atoms with E-state index in [2.05, 4.69) is 5.32 Å². The van der Waals surface area contributed by atoms with E-state index in [0.717, 1.165) is 25.9 Å². The Balaban J connectivity index is 1.93. The number of piperidine rings is 1. The number of ether oxygens (including phenoxy) is 1. The van der Waals surface area contributed by atoms with Crippen LogP contribution < -0.4 is 10.1 Å². The van der Waals surface area contributed by atoms with E-state index in [9.17, 15) is 4.79 Å². The Labute approximate surface area is 95.8 Å². The van der Waals surface area contributed by atoms with Gasteiger partial charge in [-0.05, 0) is 45.0 Å². The summed E-state index contributed by atoms with van der Waals surface area (Å²) in [6, 6.07) is 7.58. The van der Waals surface area contributed by atoms with Gasteiger partial charge in [-0.2, -0.15) is 0 Å². The van der Waals surface area contributed by atoms with Gasteiger partial charge in [0.05, 0.1) is 5.92 Å². The predicted molar refractivity (Wildman–Crippen MR) is 62.4 cm³/mol.